The molecule has 0 saturated carbocycles. The monoisotopic (exact) mass is 402 g/mol. The molecule has 2 aromatic carbocycles. The molecule has 1 atom stereocenters. The Balaban J connectivity index is 2.30. The van der Waals surface area contributed by atoms with E-state index in [-0.39, 0.29) is 11.8 Å². The van der Waals surface area contributed by atoms with E-state index in [1.165, 1.54) is 0 Å². The third-order valence-electron chi connectivity index (χ3n) is 4.09. The lowest BCUT2D eigenvalue weighted by Gasteiger charge is -2.31. The SMILES string of the molecule is CCC(=O)N(Cc1ccc(Br)cc1)[C@H](Cc1ccccc1)C(=O)NC. The van der Waals surface area contributed by atoms with E-state index >= 15 is 0 Å². The van der Waals surface area contributed by atoms with Crippen LogP contribution in [0.5, 0.6) is 0 Å². The van der Waals surface area contributed by atoms with Crippen LogP contribution in [0.4, 0.5) is 0 Å². The third-order valence-corrected chi connectivity index (χ3v) is 4.61. The van der Waals surface area contributed by atoms with Crippen LogP contribution in [0.15, 0.2) is 59.1 Å². The number of halogens is 1. The maximum Gasteiger partial charge on any atom is 0.242 e. The summed E-state index contributed by atoms with van der Waals surface area (Å²) in [5.74, 6) is -0.185. The Hall–Kier alpha value is -2.14. The van der Waals surface area contributed by atoms with Gasteiger partial charge in [0.15, 0.2) is 0 Å². The summed E-state index contributed by atoms with van der Waals surface area (Å²) in [6, 6.07) is 17.0. The smallest absolute Gasteiger partial charge is 0.242 e. The maximum atomic E-state index is 12.6. The number of likely N-dealkylation sites (N-methyl/N-ethyl adjacent to an activating group) is 1. The molecule has 0 aliphatic carbocycles. The van der Waals surface area contributed by atoms with Gasteiger partial charge in [0.25, 0.3) is 0 Å². The second-order valence-electron chi connectivity index (χ2n) is 5.82. The van der Waals surface area contributed by atoms with Gasteiger partial charge in [-0.15, -0.1) is 0 Å². The van der Waals surface area contributed by atoms with Gasteiger partial charge in [-0.3, -0.25) is 9.59 Å². The number of hydrogen-bond donors (Lipinski definition) is 1. The van der Waals surface area contributed by atoms with Crippen molar-refractivity contribution in [1.29, 1.82) is 0 Å². The Morgan fingerprint density at radius 2 is 1.68 bits per heavy atom. The van der Waals surface area contributed by atoms with Crippen LogP contribution in [-0.4, -0.2) is 29.8 Å². The number of nitrogens with zero attached hydrogens (tertiary/aromatic N) is 1. The van der Waals surface area contributed by atoms with Gasteiger partial charge >= 0.3 is 0 Å². The Kier molecular flexibility index (Phi) is 7.19. The zero-order valence-corrected chi connectivity index (χ0v) is 16.1. The highest BCUT2D eigenvalue weighted by molar-refractivity contribution is 9.10. The first-order valence-electron chi connectivity index (χ1n) is 8.34. The third kappa shape index (κ3) is 5.43. The van der Waals surface area contributed by atoms with E-state index in [0.717, 1.165) is 15.6 Å². The van der Waals surface area contributed by atoms with Gasteiger partial charge in [0.2, 0.25) is 11.8 Å². The number of rotatable bonds is 7. The second kappa shape index (κ2) is 9.37. The molecule has 25 heavy (non-hydrogen) atoms. The van der Waals surface area contributed by atoms with Gasteiger partial charge in [-0.2, -0.15) is 0 Å². The first-order valence-corrected chi connectivity index (χ1v) is 9.14. The summed E-state index contributed by atoms with van der Waals surface area (Å²) in [5, 5.41) is 2.70. The molecule has 4 nitrogen and oxygen atoms in total. The summed E-state index contributed by atoms with van der Waals surface area (Å²) in [4.78, 5) is 26.8. The average Bonchev–Trinajstić information content (AvgIpc) is 2.65. The van der Waals surface area contributed by atoms with Crippen molar-refractivity contribution in [3.63, 3.8) is 0 Å². The molecule has 0 spiro atoms. The highest BCUT2D eigenvalue weighted by Gasteiger charge is 2.28. The fourth-order valence-corrected chi connectivity index (χ4v) is 2.97. The summed E-state index contributed by atoms with van der Waals surface area (Å²) < 4.78 is 0.983. The van der Waals surface area contributed by atoms with Crippen LogP contribution < -0.4 is 5.32 Å². The molecule has 2 rings (SSSR count). The number of benzene rings is 2. The van der Waals surface area contributed by atoms with Crippen molar-refractivity contribution in [2.24, 2.45) is 0 Å². The van der Waals surface area contributed by atoms with E-state index in [1.807, 2.05) is 61.5 Å². The zero-order valence-electron chi connectivity index (χ0n) is 14.5. The molecule has 0 aliphatic heterocycles. The lowest BCUT2D eigenvalue weighted by molar-refractivity contribution is -0.140. The molecule has 0 saturated heterocycles. The van der Waals surface area contributed by atoms with Gasteiger partial charge in [0, 0.05) is 30.9 Å². The minimum Gasteiger partial charge on any atom is -0.357 e. The van der Waals surface area contributed by atoms with Crippen LogP contribution in [0.3, 0.4) is 0 Å². The normalized spacial score (nSPS) is 11.6. The van der Waals surface area contributed by atoms with Gasteiger partial charge in [-0.05, 0) is 23.3 Å². The summed E-state index contributed by atoms with van der Waals surface area (Å²) >= 11 is 3.42. The van der Waals surface area contributed by atoms with Crippen LogP contribution in [0, 0.1) is 0 Å². The van der Waals surface area contributed by atoms with Crippen molar-refractivity contribution in [1.82, 2.24) is 10.2 Å². The average molecular weight is 403 g/mol. The molecule has 0 radical (unpaired) electrons. The van der Waals surface area contributed by atoms with Crippen molar-refractivity contribution in [2.75, 3.05) is 7.05 Å². The van der Waals surface area contributed by atoms with Gasteiger partial charge in [0.1, 0.15) is 6.04 Å². The second-order valence-corrected chi connectivity index (χ2v) is 6.74. The standard InChI is InChI=1S/C20H23BrN2O2/c1-3-19(24)23(14-16-9-11-17(21)12-10-16)18(20(25)22-2)13-15-7-5-4-6-8-15/h4-12,18H,3,13-14H2,1-2H3,(H,22,25)/t18-/m1/s1. The van der Waals surface area contributed by atoms with Crippen molar-refractivity contribution in [2.45, 2.75) is 32.4 Å². The lowest BCUT2D eigenvalue weighted by atomic mass is 10.0. The molecule has 0 fully saturated rings. The van der Waals surface area contributed by atoms with Gasteiger partial charge in [-0.1, -0.05) is 65.3 Å². The molecule has 1 N–H and O–H groups in total. The highest BCUT2D eigenvalue weighted by Crippen LogP contribution is 2.17. The number of nitrogens with one attached hydrogen (secondary N) is 1. The van der Waals surface area contributed by atoms with Crippen LogP contribution in [-0.2, 0) is 22.6 Å². The molecular formula is C20H23BrN2O2. The largest absolute Gasteiger partial charge is 0.357 e. The molecule has 132 valence electrons. The molecule has 0 heterocycles. The first-order chi connectivity index (χ1) is 12.0. The maximum absolute atomic E-state index is 12.6. The van der Waals surface area contributed by atoms with Crippen LogP contribution >= 0.6 is 15.9 Å². The van der Waals surface area contributed by atoms with Crippen molar-refractivity contribution in [3.05, 3.63) is 70.2 Å². The van der Waals surface area contributed by atoms with Crippen molar-refractivity contribution >= 4 is 27.7 Å². The summed E-state index contributed by atoms with van der Waals surface area (Å²) in [6.45, 7) is 2.23. The van der Waals surface area contributed by atoms with E-state index in [4.69, 9.17) is 0 Å². The minimum absolute atomic E-state index is 0.0348. The molecule has 0 aliphatic rings. The molecule has 2 aromatic rings. The number of amides is 2. The van der Waals surface area contributed by atoms with Gasteiger partial charge in [-0.25, -0.2) is 0 Å². The molecular weight excluding hydrogens is 380 g/mol. The van der Waals surface area contributed by atoms with Crippen LogP contribution in [0.1, 0.15) is 24.5 Å². The summed E-state index contributed by atoms with van der Waals surface area (Å²) in [7, 11) is 1.61. The Morgan fingerprint density at radius 3 is 2.24 bits per heavy atom. The first kappa shape index (κ1) is 19.2. The predicted molar refractivity (Wildman–Crippen MR) is 103 cm³/mol. The lowest BCUT2D eigenvalue weighted by Crippen LogP contribution is -2.49. The zero-order chi connectivity index (χ0) is 18.2. The highest BCUT2D eigenvalue weighted by atomic mass is 79.9. The van der Waals surface area contributed by atoms with E-state index < -0.39 is 6.04 Å². The predicted octanol–water partition coefficient (Wildman–Crippen LogP) is 3.55. The summed E-state index contributed by atoms with van der Waals surface area (Å²) in [5.41, 5.74) is 2.02. The molecule has 0 unspecified atom stereocenters. The van der Waals surface area contributed by atoms with Gasteiger partial charge < -0.3 is 10.2 Å². The molecule has 2 amide bonds. The fraction of sp³-hybridized carbons (Fsp3) is 0.300. The number of carbonyl (C=O) groups is 2. The molecule has 0 bridgehead atoms. The Morgan fingerprint density at radius 1 is 1.04 bits per heavy atom. The van der Waals surface area contributed by atoms with E-state index in [0.29, 0.717) is 19.4 Å². The van der Waals surface area contributed by atoms with Crippen LogP contribution in [0.25, 0.3) is 0 Å². The quantitative estimate of drug-likeness (QED) is 0.769. The van der Waals surface area contributed by atoms with E-state index in [2.05, 4.69) is 21.2 Å². The van der Waals surface area contributed by atoms with Crippen LogP contribution in [0.2, 0.25) is 0 Å². The van der Waals surface area contributed by atoms with Crippen molar-refractivity contribution in [3.8, 4) is 0 Å². The van der Waals surface area contributed by atoms with Crippen molar-refractivity contribution < 1.29 is 9.59 Å². The van der Waals surface area contributed by atoms with E-state index in [9.17, 15) is 9.59 Å². The number of hydrogen-bond acceptors (Lipinski definition) is 2. The Labute approximate surface area is 157 Å². The van der Waals surface area contributed by atoms with Gasteiger partial charge in [0.05, 0.1) is 0 Å². The number of carbonyl (C=O) groups excluding carboxylic acids is 2. The minimum atomic E-state index is -0.538. The molecule has 5 heteroatoms. The Bertz CT molecular complexity index is 701. The fourth-order valence-electron chi connectivity index (χ4n) is 2.71. The summed E-state index contributed by atoms with van der Waals surface area (Å²) in [6.07, 6.45) is 0.849. The topological polar surface area (TPSA) is 49.4 Å². The van der Waals surface area contributed by atoms with E-state index in [1.54, 1.807) is 11.9 Å². The molecule has 0 aromatic heterocycles.